The van der Waals surface area contributed by atoms with Crippen molar-refractivity contribution in [1.82, 2.24) is 0 Å². The molecule has 3 N–H and O–H groups in total. The number of amidine groups is 1. The van der Waals surface area contributed by atoms with E-state index in [0.29, 0.717) is 0 Å². The Kier molecular flexibility index (Phi) is 4.98. The first-order chi connectivity index (χ1) is 9.67. The maximum absolute atomic E-state index is 7.80. The van der Waals surface area contributed by atoms with Gasteiger partial charge in [0.25, 0.3) is 0 Å². The number of hydrogen-bond acceptors (Lipinski definition) is 4. The highest BCUT2D eigenvalue weighted by atomic mass is 32.2. The Labute approximate surface area is 127 Å². The van der Waals surface area contributed by atoms with Crippen molar-refractivity contribution in [1.29, 1.82) is 5.41 Å². The Hall–Kier alpha value is -1.59. The van der Waals surface area contributed by atoms with Gasteiger partial charge in [-0.1, -0.05) is 30.0 Å². The van der Waals surface area contributed by atoms with E-state index in [4.69, 9.17) is 15.9 Å². The van der Waals surface area contributed by atoms with Crippen LogP contribution in [0.3, 0.4) is 0 Å². The molecule has 3 nitrogen and oxygen atoms in total. The van der Waals surface area contributed by atoms with Crippen LogP contribution in [0.1, 0.15) is 5.56 Å². The van der Waals surface area contributed by atoms with E-state index in [1.54, 1.807) is 30.6 Å². The normalized spacial score (nSPS) is 10.3. The number of nitrogens with two attached hydrogens (primary N) is 1. The molecule has 0 saturated heterocycles. The predicted molar refractivity (Wildman–Crippen MR) is 86.4 cm³/mol. The fourth-order valence-corrected chi connectivity index (χ4v) is 3.66. The lowest BCUT2D eigenvalue weighted by atomic mass is 10.2. The number of hydrogen-bond donors (Lipinski definition) is 2. The second-order valence-corrected chi connectivity index (χ2v) is 5.93. The second-order valence-electron chi connectivity index (χ2n) is 4.00. The molecule has 0 heterocycles. The van der Waals surface area contributed by atoms with E-state index < -0.39 is 0 Å². The van der Waals surface area contributed by atoms with Crippen molar-refractivity contribution in [2.24, 2.45) is 5.73 Å². The molecule has 0 bridgehead atoms. The van der Waals surface area contributed by atoms with Gasteiger partial charge in [-0.05, 0) is 30.5 Å². The third-order valence-corrected chi connectivity index (χ3v) is 4.66. The van der Waals surface area contributed by atoms with Gasteiger partial charge in [-0.25, -0.2) is 0 Å². The van der Waals surface area contributed by atoms with E-state index in [9.17, 15) is 0 Å². The third-order valence-electron chi connectivity index (χ3n) is 2.77. The van der Waals surface area contributed by atoms with Crippen LogP contribution in [0.5, 0.6) is 5.75 Å². The van der Waals surface area contributed by atoms with Gasteiger partial charge < -0.3 is 10.5 Å². The highest BCUT2D eigenvalue weighted by Crippen LogP contribution is 2.38. The zero-order valence-electron chi connectivity index (χ0n) is 11.3. The van der Waals surface area contributed by atoms with Crippen molar-refractivity contribution >= 4 is 29.4 Å². The van der Waals surface area contributed by atoms with E-state index in [1.165, 1.54) is 0 Å². The number of nitrogens with one attached hydrogen (secondary N) is 1. The predicted octanol–water partition coefficient (Wildman–Crippen LogP) is 3.85. The highest BCUT2D eigenvalue weighted by Gasteiger charge is 2.13. The number of ether oxygens (including phenoxy) is 1. The Morgan fingerprint density at radius 2 is 1.70 bits per heavy atom. The van der Waals surface area contributed by atoms with Crippen LogP contribution in [0.15, 0.2) is 57.2 Å². The van der Waals surface area contributed by atoms with Gasteiger partial charge >= 0.3 is 0 Å². The number of para-hydroxylation sites is 1. The van der Waals surface area contributed by atoms with Crippen LogP contribution in [0, 0.1) is 5.41 Å². The van der Waals surface area contributed by atoms with Crippen LogP contribution in [-0.2, 0) is 0 Å². The Bertz CT molecular complexity index is 629. The Balaban J connectivity index is 2.46. The quantitative estimate of drug-likeness (QED) is 0.500. The average Bonchev–Trinajstić information content (AvgIpc) is 2.47. The minimum absolute atomic E-state index is 0.0901. The summed E-state index contributed by atoms with van der Waals surface area (Å²) in [5.74, 6) is 0.911. The van der Waals surface area contributed by atoms with Gasteiger partial charge in [0.15, 0.2) is 0 Å². The summed E-state index contributed by atoms with van der Waals surface area (Å²) in [5.41, 5.74) is 6.53. The standard InChI is InChI=1S/C15H16N2OS2/c1-18-10-6-3-4-7-11(10)20-13-9-5-8-12(19-2)14(13)15(16)17/h3-9H,1-2H3,(H3,16,17). The summed E-state index contributed by atoms with van der Waals surface area (Å²) in [6.45, 7) is 0. The van der Waals surface area contributed by atoms with Gasteiger partial charge in [0.2, 0.25) is 0 Å². The van der Waals surface area contributed by atoms with Crippen LogP contribution in [0.4, 0.5) is 0 Å². The van der Waals surface area contributed by atoms with E-state index in [0.717, 1.165) is 26.0 Å². The number of rotatable bonds is 5. The lowest BCUT2D eigenvalue weighted by molar-refractivity contribution is 0.405. The third kappa shape index (κ3) is 3.11. The number of thioether (sulfide) groups is 1. The molecular formula is C15H16N2OS2. The number of benzene rings is 2. The molecule has 0 saturated carbocycles. The molecule has 2 aromatic carbocycles. The van der Waals surface area contributed by atoms with Crippen molar-refractivity contribution < 1.29 is 4.74 Å². The van der Waals surface area contributed by atoms with E-state index in [1.807, 2.05) is 48.7 Å². The van der Waals surface area contributed by atoms with Crippen LogP contribution in [0.2, 0.25) is 0 Å². The van der Waals surface area contributed by atoms with Crippen LogP contribution in [0.25, 0.3) is 0 Å². The summed E-state index contributed by atoms with van der Waals surface area (Å²) in [5, 5.41) is 7.80. The minimum Gasteiger partial charge on any atom is -0.496 e. The van der Waals surface area contributed by atoms with Gasteiger partial charge in [-0.3, -0.25) is 5.41 Å². The average molecular weight is 304 g/mol. The molecule has 5 heteroatoms. The van der Waals surface area contributed by atoms with Crippen molar-refractivity contribution in [3.63, 3.8) is 0 Å². The van der Waals surface area contributed by atoms with Crippen LogP contribution < -0.4 is 10.5 Å². The number of nitrogen functional groups attached to an aromatic ring is 1. The van der Waals surface area contributed by atoms with Crippen LogP contribution >= 0.6 is 23.5 Å². The molecule has 0 aliphatic carbocycles. The topological polar surface area (TPSA) is 59.1 Å². The first kappa shape index (κ1) is 14.8. The Morgan fingerprint density at radius 1 is 1.05 bits per heavy atom. The molecule has 0 amide bonds. The molecule has 0 spiro atoms. The zero-order chi connectivity index (χ0) is 14.5. The molecular weight excluding hydrogens is 288 g/mol. The molecule has 2 aromatic rings. The van der Waals surface area contributed by atoms with Crippen molar-refractivity contribution in [2.75, 3.05) is 13.4 Å². The summed E-state index contributed by atoms with van der Waals surface area (Å²) in [7, 11) is 1.66. The second kappa shape index (κ2) is 6.72. The fraction of sp³-hybridized carbons (Fsp3) is 0.133. The van der Waals surface area contributed by atoms with E-state index in [2.05, 4.69) is 0 Å². The summed E-state index contributed by atoms with van der Waals surface area (Å²) < 4.78 is 5.36. The van der Waals surface area contributed by atoms with Crippen molar-refractivity contribution in [2.45, 2.75) is 14.7 Å². The Morgan fingerprint density at radius 3 is 2.35 bits per heavy atom. The molecule has 104 valence electrons. The summed E-state index contributed by atoms with van der Waals surface area (Å²) in [6, 6.07) is 13.8. The molecule has 0 atom stereocenters. The lowest BCUT2D eigenvalue weighted by Crippen LogP contribution is -2.13. The lowest BCUT2D eigenvalue weighted by Gasteiger charge is -2.13. The van der Waals surface area contributed by atoms with Gasteiger partial charge in [0, 0.05) is 15.4 Å². The van der Waals surface area contributed by atoms with E-state index >= 15 is 0 Å². The first-order valence-corrected chi connectivity index (χ1v) is 8.03. The maximum atomic E-state index is 7.80. The monoisotopic (exact) mass is 304 g/mol. The SMILES string of the molecule is COc1ccccc1Sc1cccc(SC)c1C(=N)N. The number of methoxy groups -OCH3 is 1. The molecule has 0 aromatic heterocycles. The molecule has 0 aliphatic rings. The van der Waals surface area contributed by atoms with Gasteiger partial charge in [-0.15, -0.1) is 11.8 Å². The highest BCUT2D eigenvalue weighted by molar-refractivity contribution is 8.00. The smallest absolute Gasteiger partial charge is 0.132 e. The molecule has 0 aliphatic heterocycles. The molecule has 0 fully saturated rings. The molecule has 20 heavy (non-hydrogen) atoms. The summed E-state index contributed by atoms with van der Waals surface area (Å²) in [4.78, 5) is 2.99. The maximum Gasteiger partial charge on any atom is 0.132 e. The fourth-order valence-electron chi connectivity index (χ4n) is 1.85. The van der Waals surface area contributed by atoms with Crippen LogP contribution in [-0.4, -0.2) is 19.2 Å². The van der Waals surface area contributed by atoms with Crippen molar-refractivity contribution in [3.05, 3.63) is 48.0 Å². The summed E-state index contributed by atoms with van der Waals surface area (Å²) >= 11 is 3.16. The van der Waals surface area contributed by atoms with Crippen molar-refractivity contribution in [3.8, 4) is 5.75 Å². The minimum atomic E-state index is 0.0901. The van der Waals surface area contributed by atoms with Gasteiger partial charge in [-0.2, -0.15) is 0 Å². The van der Waals surface area contributed by atoms with Gasteiger partial charge in [0.05, 0.1) is 12.0 Å². The summed E-state index contributed by atoms with van der Waals surface area (Å²) in [6.07, 6.45) is 1.99. The molecule has 0 radical (unpaired) electrons. The molecule has 2 rings (SSSR count). The van der Waals surface area contributed by atoms with Gasteiger partial charge in [0.1, 0.15) is 11.6 Å². The first-order valence-electron chi connectivity index (χ1n) is 5.99. The molecule has 0 unspecified atom stereocenters. The van der Waals surface area contributed by atoms with E-state index in [-0.39, 0.29) is 5.84 Å². The zero-order valence-corrected chi connectivity index (χ0v) is 13.0. The largest absolute Gasteiger partial charge is 0.496 e.